The van der Waals surface area contributed by atoms with Crippen LogP contribution in [0.5, 0.6) is 0 Å². The molecule has 0 aliphatic carbocycles. The molecule has 0 saturated carbocycles. The summed E-state index contributed by atoms with van der Waals surface area (Å²) < 4.78 is 2.53. The first-order valence-corrected chi connectivity index (χ1v) is 6.49. The highest BCUT2D eigenvalue weighted by Gasteiger charge is 2.08. The third-order valence-corrected chi connectivity index (χ3v) is 3.66. The van der Waals surface area contributed by atoms with E-state index in [9.17, 15) is 4.79 Å². The maximum Gasteiger partial charge on any atom is 0.358 e. The number of rotatable bonds is 5. The molecule has 7 heteroatoms. The molecule has 2 rings (SSSR count). The quantitative estimate of drug-likeness (QED) is 0.881. The zero-order valence-electron chi connectivity index (χ0n) is 10.3. The normalized spacial score (nSPS) is 10.4. The highest BCUT2D eigenvalue weighted by Crippen LogP contribution is 2.25. The summed E-state index contributed by atoms with van der Waals surface area (Å²) in [5.74, 6) is -1.07. The molecule has 0 spiro atoms. The lowest BCUT2D eigenvalue weighted by Crippen LogP contribution is -2.11. The van der Waals surface area contributed by atoms with Crippen LogP contribution in [-0.4, -0.2) is 32.6 Å². The van der Waals surface area contributed by atoms with Gasteiger partial charge in [0.05, 0.1) is 12.7 Å². The van der Waals surface area contributed by atoms with Crippen molar-refractivity contribution in [2.24, 2.45) is 0 Å². The highest BCUT2D eigenvalue weighted by molar-refractivity contribution is 9.10. The van der Waals surface area contributed by atoms with Crippen molar-refractivity contribution in [1.82, 2.24) is 15.0 Å². The van der Waals surface area contributed by atoms with Crippen LogP contribution in [0.1, 0.15) is 16.1 Å². The topological polar surface area (TPSA) is 80.0 Å². The van der Waals surface area contributed by atoms with E-state index in [-0.39, 0.29) is 5.69 Å². The highest BCUT2D eigenvalue weighted by atomic mass is 79.9. The van der Waals surface area contributed by atoms with Gasteiger partial charge in [0.1, 0.15) is 0 Å². The van der Waals surface area contributed by atoms with Gasteiger partial charge < -0.3 is 10.4 Å². The summed E-state index contributed by atoms with van der Waals surface area (Å²) in [6.45, 7) is 3.19. The van der Waals surface area contributed by atoms with Crippen molar-refractivity contribution >= 4 is 27.6 Å². The number of benzene rings is 1. The van der Waals surface area contributed by atoms with Gasteiger partial charge in [0.15, 0.2) is 5.69 Å². The number of aromatic carboxylic acids is 1. The number of hydrogen-bond acceptors (Lipinski definition) is 4. The SMILES string of the molecule is Cc1cccc(NCCn2cc(C(=O)O)nn2)c1Br. The average molecular weight is 325 g/mol. The fraction of sp³-hybridized carbons (Fsp3) is 0.250. The molecule has 0 aliphatic rings. The van der Waals surface area contributed by atoms with Crippen molar-refractivity contribution in [3.63, 3.8) is 0 Å². The summed E-state index contributed by atoms with van der Waals surface area (Å²) in [7, 11) is 0. The molecule has 0 unspecified atom stereocenters. The second-order valence-electron chi connectivity index (χ2n) is 4.04. The smallest absolute Gasteiger partial charge is 0.358 e. The minimum absolute atomic E-state index is 0.0447. The van der Waals surface area contributed by atoms with E-state index in [2.05, 4.69) is 31.6 Å². The van der Waals surface area contributed by atoms with Gasteiger partial charge in [-0.1, -0.05) is 17.3 Å². The average Bonchev–Trinajstić information content (AvgIpc) is 2.83. The van der Waals surface area contributed by atoms with Crippen molar-refractivity contribution in [3.8, 4) is 0 Å². The van der Waals surface area contributed by atoms with Crippen molar-refractivity contribution < 1.29 is 9.90 Å². The van der Waals surface area contributed by atoms with Crippen molar-refractivity contribution in [1.29, 1.82) is 0 Å². The standard InChI is InChI=1S/C12H13BrN4O2/c1-8-3-2-4-9(11(8)13)14-5-6-17-7-10(12(18)19)15-16-17/h2-4,7,14H,5-6H2,1H3,(H,18,19). The largest absolute Gasteiger partial charge is 0.476 e. The fourth-order valence-electron chi connectivity index (χ4n) is 1.59. The number of carboxylic acid groups (broad SMARTS) is 1. The molecule has 2 N–H and O–H groups in total. The lowest BCUT2D eigenvalue weighted by Gasteiger charge is -2.09. The van der Waals surface area contributed by atoms with Gasteiger partial charge in [-0.2, -0.15) is 0 Å². The summed E-state index contributed by atoms with van der Waals surface area (Å²) in [6, 6.07) is 5.97. The van der Waals surface area contributed by atoms with Crippen LogP contribution in [0, 0.1) is 6.92 Å². The van der Waals surface area contributed by atoms with E-state index in [1.54, 1.807) is 0 Å². The van der Waals surface area contributed by atoms with Gasteiger partial charge in [-0.15, -0.1) is 5.10 Å². The Morgan fingerprint density at radius 1 is 1.53 bits per heavy atom. The van der Waals surface area contributed by atoms with Crippen LogP contribution < -0.4 is 5.32 Å². The molecule has 1 aromatic heterocycles. The summed E-state index contributed by atoms with van der Waals surface area (Å²) in [4.78, 5) is 10.7. The molecule has 2 aromatic rings. The number of nitrogens with zero attached hydrogens (tertiary/aromatic N) is 3. The van der Waals surface area contributed by atoms with E-state index < -0.39 is 5.97 Å². The van der Waals surface area contributed by atoms with Crippen molar-refractivity contribution in [3.05, 3.63) is 40.1 Å². The lowest BCUT2D eigenvalue weighted by molar-refractivity contribution is 0.0690. The minimum Gasteiger partial charge on any atom is -0.476 e. The number of aromatic nitrogens is 3. The maximum atomic E-state index is 10.7. The molecule has 0 atom stereocenters. The van der Waals surface area contributed by atoms with Gasteiger partial charge in [-0.05, 0) is 34.5 Å². The van der Waals surface area contributed by atoms with Gasteiger partial charge in [-0.3, -0.25) is 0 Å². The first-order chi connectivity index (χ1) is 9.08. The summed E-state index contributed by atoms with van der Waals surface area (Å²) in [5.41, 5.74) is 2.11. The van der Waals surface area contributed by atoms with E-state index in [0.29, 0.717) is 13.1 Å². The number of anilines is 1. The predicted octanol–water partition coefficient (Wildman–Crippen LogP) is 2.16. The molecule has 100 valence electrons. The number of nitrogens with one attached hydrogen (secondary N) is 1. The maximum absolute atomic E-state index is 10.7. The Labute approximate surface area is 118 Å². The molecule has 19 heavy (non-hydrogen) atoms. The van der Waals surface area contributed by atoms with Crippen molar-refractivity contribution in [2.75, 3.05) is 11.9 Å². The van der Waals surface area contributed by atoms with Crippen LogP contribution >= 0.6 is 15.9 Å². The molecule has 0 bridgehead atoms. The van der Waals surface area contributed by atoms with Crippen LogP contribution in [0.3, 0.4) is 0 Å². The second-order valence-corrected chi connectivity index (χ2v) is 4.83. The molecule has 0 amide bonds. The van der Waals surface area contributed by atoms with Gasteiger partial charge in [0.2, 0.25) is 0 Å². The third-order valence-electron chi connectivity index (χ3n) is 2.61. The van der Waals surface area contributed by atoms with Crippen LogP contribution in [0.2, 0.25) is 0 Å². The van der Waals surface area contributed by atoms with Crippen molar-refractivity contribution in [2.45, 2.75) is 13.5 Å². The van der Waals surface area contributed by atoms with Gasteiger partial charge >= 0.3 is 5.97 Å². The van der Waals surface area contributed by atoms with E-state index >= 15 is 0 Å². The molecule has 6 nitrogen and oxygen atoms in total. The molecular weight excluding hydrogens is 312 g/mol. The van der Waals surface area contributed by atoms with Gasteiger partial charge in [-0.25, -0.2) is 9.48 Å². The molecule has 0 saturated heterocycles. The Hall–Kier alpha value is -1.89. The number of hydrogen-bond donors (Lipinski definition) is 2. The molecule has 0 fully saturated rings. The first-order valence-electron chi connectivity index (χ1n) is 5.70. The second kappa shape index (κ2) is 5.83. The number of carboxylic acids is 1. The molecule has 0 aliphatic heterocycles. The Balaban J connectivity index is 1.92. The first kappa shape index (κ1) is 13.5. The molecular formula is C12H13BrN4O2. The predicted molar refractivity (Wildman–Crippen MR) is 74.4 cm³/mol. The Kier molecular flexibility index (Phi) is 4.16. The molecule has 0 radical (unpaired) electrons. The van der Waals surface area contributed by atoms with E-state index in [0.717, 1.165) is 15.7 Å². The summed E-state index contributed by atoms with van der Waals surface area (Å²) in [6.07, 6.45) is 1.41. The third kappa shape index (κ3) is 3.31. The Morgan fingerprint density at radius 3 is 3.00 bits per heavy atom. The van der Waals surface area contributed by atoms with Crippen LogP contribution in [-0.2, 0) is 6.54 Å². The summed E-state index contributed by atoms with van der Waals surface area (Å²) in [5, 5.41) is 19.3. The zero-order valence-corrected chi connectivity index (χ0v) is 11.9. The number of aryl methyl sites for hydroxylation is 1. The number of halogens is 1. The van der Waals surface area contributed by atoms with Gasteiger partial charge in [0.25, 0.3) is 0 Å². The number of carbonyl (C=O) groups is 1. The fourth-order valence-corrected chi connectivity index (χ4v) is 2.00. The summed E-state index contributed by atoms with van der Waals surface area (Å²) >= 11 is 3.51. The van der Waals surface area contributed by atoms with E-state index in [4.69, 9.17) is 5.11 Å². The van der Waals surface area contributed by atoms with Crippen LogP contribution in [0.4, 0.5) is 5.69 Å². The molecule has 1 heterocycles. The minimum atomic E-state index is -1.07. The van der Waals surface area contributed by atoms with Crippen LogP contribution in [0.25, 0.3) is 0 Å². The van der Waals surface area contributed by atoms with Gasteiger partial charge in [0, 0.05) is 16.7 Å². The lowest BCUT2D eigenvalue weighted by atomic mass is 10.2. The monoisotopic (exact) mass is 324 g/mol. The Morgan fingerprint density at radius 2 is 2.32 bits per heavy atom. The van der Waals surface area contributed by atoms with E-state index in [1.165, 1.54) is 10.9 Å². The van der Waals surface area contributed by atoms with E-state index in [1.807, 2.05) is 25.1 Å². The van der Waals surface area contributed by atoms with Crippen LogP contribution in [0.15, 0.2) is 28.9 Å². The molecule has 1 aromatic carbocycles. The Bertz CT molecular complexity index is 597. The zero-order chi connectivity index (χ0) is 13.8.